The van der Waals surface area contributed by atoms with E-state index in [0.29, 0.717) is 52.9 Å². The summed E-state index contributed by atoms with van der Waals surface area (Å²) >= 11 is 5.94. The zero-order chi connectivity index (χ0) is 26.6. The van der Waals surface area contributed by atoms with E-state index in [0.717, 1.165) is 25.9 Å². The fourth-order valence-corrected chi connectivity index (χ4v) is 4.70. The molecule has 2 heterocycles. The number of morpholine rings is 1. The van der Waals surface area contributed by atoms with E-state index in [1.165, 1.54) is 18.5 Å². The molecule has 2 N–H and O–H groups in total. The average Bonchev–Trinajstić information content (AvgIpc) is 3.69. The van der Waals surface area contributed by atoms with Crippen LogP contribution in [0.4, 0.5) is 21.6 Å². The Hall–Kier alpha value is -3.27. The molecule has 1 aromatic heterocycles. The van der Waals surface area contributed by atoms with Gasteiger partial charge in [0.05, 0.1) is 35.0 Å². The minimum absolute atomic E-state index is 0.00450. The van der Waals surface area contributed by atoms with E-state index >= 15 is 0 Å². The van der Waals surface area contributed by atoms with E-state index in [4.69, 9.17) is 21.1 Å². The Morgan fingerprint density at radius 1 is 1.21 bits per heavy atom. The van der Waals surface area contributed by atoms with Gasteiger partial charge >= 0.3 is 0 Å². The zero-order valence-corrected chi connectivity index (χ0v) is 22.2. The van der Waals surface area contributed by atoms with Crippen LogP contribution in [-0.2, 0) is 9.53 Å². The molecule has 1 aliphatic heterocycles. The number of aromatic nitrogens is 2. The van der Waals surface area contributed by atoms with Gasteiger partial charge in [-0.2, -0.15) is 0 Å². The summed E-state index contributed by atoms with van der Waals surface area (Å²) in [6.45, 7) is 7.02. The number of hydrogen-bond acceptors (Lipinski definition) is 7. The molecule has 8 nitrogen and oxygen atoms in total. The zero-order valence-electron chi connectivity index (χ0n) is 21.4. The first kappa shape index (κ1) is 26.3. The number of carbonyl (C=O) groups is 1. The third kappa shape index (κ3) is 6.78. The number of benzene rings is 2. The predicted molar refractivity (Wildman–Crippen MR) is 147 cm³/mol. The number of nitrogens with zero attached hydrogens (tertiary/aromatic N) is 3. The molecule has 38 heavy (non-hydrogen) atoms. The number of halogens is 2. The Morgan fingerprint density at radius 2 is 2.00 bits per heavy atom. The van der Waals surface area contributed by atoms with Crippen LogP contribution >= 0.6 is 11.6 Å². The number of amides is 1. The van der Waals surface area contributed by atoms with Crippen molar-refractivity contribution in [1.29, 1.82) is 0 Å². The van der Waals surface area contributed by atoms with Crippen LogP contribution in [0.1, 0.15) is 26.7 Å². The van der Waals surface area contributed by atoms with E-state index in [1.807, 2.05) is 6.08 Å². The summed E-state index contributed by atoms with van der Waals surface area (Å²) in [7, 11) is 0. The summed E-state index contributed by atoms with van der Waals surface area (Å²) in [6, 6.07) is 7.95. The number of ether oxygens (including phenoxy) is 2. The second kappa shape index (κ2) is 11.6. The minimum Gasteiger partial charge on any atom is -0.491 e. The van der Waals surface area contributed by atoms with Crippen LogP contribution in [-0.4, -0.2) is 59.2 Å². The van der Waals surface area contributed by atoms with Gasteiger partial charge in [-0.25, -0.2) is 14.4 Å². The first-order chi connectivity index (χ1) is 18.3. The lowest BCUT2D eigenvalue weighted by molar-refractivity contribution is -0.111. The summed E-state index contributed by atoms with van der Waals surface area (Å²) in [5, 5.41) is 6.80. The van der Waals surface area contributed by atoms with Crippen molar-refractivity contribution in [2.24, 2.45) is 5.92 Å². The van der Waals surface area contributed by atoms with E-state index in [-0.39, 0.29) is 23.1 Å². The number of hydrogen-bond donors (Lipinski definition) is 2. The van der Waals surface area contributed by atoms with Crippen molar-refractivity contribution in [1.82, 2.24) is 14.9 Å². The van der Waals surface area contributed by atoms with Crippen LogP contribution < -0.4 is 15.4 Å². The Balaban J connectivity index is 1.36. The van der Waals surface area contributed by atoms with Gasteiger partial charge < -0.3 is 20.1 Å². The lowest BCUT2D eigenvalue weighted by atomic mass is 10.1. The van der Waals surface area contributed by atoms with Gasteiger partial charge in [-0.1, -0.05) is 17.7 Å². The van der Waals surface area contributed by atoms with Crippen LogP contribution in [0.3, 0.4) is 0 Å². The topological polar surface area (TPSA) is 88.6 Å². The Kier molecular flexibility index (Phi) is 8.06. The highest BCUT2D eigenvalue weighted by molar-refractivity contribution is 6.31. The van der Waals surface area contributed by atoms with Gasteiger partial charge in [0.1, 0.15) is 23.7 Å². The lowest BCUT2D eigenvalue weighted by Gasteiger charge is -2.34. The predicted octanol–water partition coefficient (Wildman–Crippen LogP) is 5.56. The van der Waals surface area contributed by atoms with Crippen molar-refractivity contribution < 1.29 is 18.7 Å². The molecule has 2 aromatic carbocycles. The standard InChI is InChI=1S/C28H31ClFN5O3/c1-17-13-35(14-18(2)38-17)9-3-4-27(36)34-25-11-21-24(12-26(25)37-15-19-5-6-19)31-16-32-28(21)33-20-7-8-23(30)22(29)10-20/h3-4,7-8,10-12,16-19H,5-6,9,13-15H2,1-2H3,(H,34,36)(H,31,32,33)/b4-3+. The molecule has 10 heteroatoms. The molecule has 2 atom stereocenters. The molecule has 0 spiro atoms. The molecular formula is C28H31ClFN5O3. The maximum Gasteiger partial charge on any atom is 0.248 e. The Labute approximate surface area is 226 Å². The highest BCUT2D eigenvalue weighted by Crippen LogP contribution is 2.36. The summed E-state index contributed by atoms with van der Waals surface area (Å²) in [5.74, 6) is 0.826. The van der Waals surface area contributed by atoms with Gasteiger partial charge in [-0.05, 0) is 56.9 Å². The number of carbonyl (C=O) groups excluding carboxylic acids is 1. The quantitative estimate of drug-likeness (QED) is 0.344. The van der Waals surface area contributed by atoms with Crippen molar-refractivity contribution in [3.8, 4) is 5.75 Å². The number of nitrogens with one attached hydrogen (secondary N) is 2. The van der Waals surface area contributed by atoms with Gasteiger partial charge in [0.2, 0.25) is 5.91 Å². The second-order valence-electron chi connectivity index (χ2n) is 9.96. The molecule has 2 aliphatic rings. The molecule has 2 unspecified atom stereocenters. The van der Waals surface area contributed by atoms with Crippen molar-refractivity contribution in [2.75, 3.05) is 36.9 Å². The molecule has 0 radical (unpaired) electrons. The average molecular weight is 540 g/mol. The minimum atomic E-state index is -0.502. The fourth-order valence-electron chi connectivity index (χ4n) is 4.52. The van der Waals surface area contributed by atoms with Crippen LogP contribution in [0.5, 0.6) is 5.75 Å². The second-order valence-corrected chi connectivity index (χ2v) is 10.4. The van der Waals surface area contributed by atoms with Crippen molar-refractivity contribution >= 4 is 45.6 Å². The molecule has 2 fully saturated rings. The Morgan fingerprint density at radius 3 is 2.74 bits per heavy atom. The smallest absolute Gasteiger partial charge is 0.248 e. The molecule has 3 aromatic rings. The normalized spacial score (nSPS) is 20.1. The molecule has 200 valence electrons. The van der Waals surface area contributed by atoms with E-state index in [1.54, 1.807) is 24.3 Å². The lowest BCUT2D eigenvalue weighted by Crippen LogP contribution is -2.45. The van der Waals surface area contributed by atoms with Crippen LogP contribution in [0.2, 0.25) is 5.02 Å². The van der Waals surface area contributed by atoms with Crippen molar-refractivity contribution in [3.05, 3.63) is 59.7 Å². The maximum atomic E-state index is 13.6. The van der Waals surface area contributed by atoms with Gasteiger partial charge in [-0.3, -0.25) is 9.69 Å². The van der Waals surface area contributed by atoms with Crippen LogP contribution in [0.15, 0.2) is 48.8 Å². The largest absolute Gasteiger partial charge is 0.491 e. The van der Waals surface area contributed by atoms with E-state index in [2.05, 4.69) is 39.3 Å². The van der Waals surface area contributed by atoms with Crippen molar-refractivity contribution in [2.45, 2.75) is 38.9 Å². The fraction of sp³-hybridized carbons (Fsp3) is 0.393. The molecule has 5 rings (SSSR count). The first-order valence-corrected chi connectivity index (χ1v) is 13.2. The van der Waals surface area contributed by atoms with Crippen LogP contribution in [0, 0.1) is 11.7 Å². The Bertz CT molecular complexity index is 1340. The molecule has 0 bridgehead atoms. The third-order valence-electron chi connectivity index (χ3n) is 6.48. The maximum absolute atomic E-state index is 13.6. The highest BCUT2D eigenvalue weighted by atomic mass is 35.5. The molecule has 1 amide bonds. The molecule has 1 saturated carbocycles. The van der Waals surface area contributed by atoms with E-state index in [9.17, 15) is 9.18 Å². The van der Waals surface area contributed by atoms with Gasteiger partial charge in [0.25, 0.3) is 0 Å². The molecular weight excluding hydrogens is 509 g/mol. The van der Waals surface area contributed by atoms with Gasteiger partial charge in [-0.15, -0.1) is 0 Å². The van der Waals surface area contributed by atoms with Gasteiger partial charge in [0, 0.05) is 42.9 Å². The van der Waals surface area contributed by atoms with Gasteiger partial charge in [0.15, 0.2) is 0 Å². The number of anilines is 3. The third-order valence-corrected chi connectivity index (χ3v) is 6.77. The summed E-state index contributed by atoms with van der Waals surface area (Å²) in [6.07, 6.45) is 7.47. The first-order valence-electron chi connectivity index (χ1n) is 12.8. The number of rotatable bonds is 9. The summed E-state index contributed by atoms with van der Waals surface area (Å²) in [5.41, 5.74) is 1.74. The SMILES string of the molecule is CC1CN(C/C=C/C(=O)Nc2cc3c(Nc4ccc(F)c(Cl)c4)ncnc3cc2OCC2CC2)CC(C)O1. The highest BCUT2D eigenvalue weighted by Gasteiger charge is 2.23. The molecule has 1 aliphatic carbocycles. The van der Waals surface area contributed by atoms with Crippen molar-refractivity contribution in [3.63, 3.8) is 0 Å². The monoisotopic (exact) mass is 539 g/mol. The number of fused-ring (bicyclic) bond motifs is 1. The van der Waals surface area contributed by atoms with E-state index < -0.39 is 5.82 Å². The summed E-state index contributed by atoms with van der Waals surface area (Å²) < 4.78 is 25.5. The molecule has 1 saturated heterocycles. The summed E-state index contributed by atoms with van der Waals surface area (Å²) in [4.78, 5) is 23.9. The van der Waals surface area contributed by atoms with Crippen LogP contribution in [0.25, 0.3) is 10.9 Å².